The van der Waals surface area contributed by atoms with Crippen LogP contribution in [0.3, 0.4) is 0 Å². The second-order valence-electron chi connectivity index (χ2n) is 5.23. The number of nitrogens with zero attached hydrogens (tertiary/aromatic N) is 1. The molecular formula is C20H20N2O2. The molecule has 4 nitrogen and oxygen atoms in total. The van der Waals surface area contributed by atoms with Gasteiger partial charge in [0.05, 0.1) is 12.7 Å². The molecule has 24 heavy (non-hydrogen) atoms. The van der Waals surface area contributed by atoms with Crippen LogP contribution in [0.15, 0.2) is 72.8 Å². The van der Waals surface area contributed by atoms with E-state index < -0.39 is 11.5 Å². The summed E-state index contributed by atoms with van der Waals surface area (Å²) >= 11 is 0. The van der Waals surface area contributed by atoms with E-state index in [2.05, 4.69) is 11.4 Å². The first-order valence-corrected chi connectivity index (χ1v) is 7.83. The van der Waals surface area contributed by atoms with Crippen LogP contribution in [0.2, 0.25) is 0 Å². The number of benzene rings is 2. The van der Waals surface area contributed by atoms with Crippen molar-refractivity contribution in [3.63, 3.8) is 0 Å². The number of carbonyl (C=O) groups excluding carboxylic acids is 1. The van der Waals surface area contributed by atoms with E-state index in [4.69, 9.17) is 4.74 Å². The van der Waals surface area contributed by atoms with Gasteiger partial charge in [0.2, 0.25) is 0 Å². The lowest BCUT2D eigenvalue weighted by molar-refractivity contribution is -0.137. The van der Waals surface area contributed by atoms with Crippen molar-refractivity contribution in [2.75, 3.05) is 11.9 Å². The van der Waals surface area contributed by atoms with Gasteiger partial charge in [-0.15, -0.1) is 0 Å². The molecule has 0 aliphatic heterocycles. The Morgan fingerprint density at radius 3 is 2.38 bits per heavy atom. The summed E-state index contributed by atoms with van der Waals surface area (Å²) in [5.74, 6) is -0.405. The van der Waals surface area contributed by atoms with Crippen LogP contribution in [0, 0.1) is 11.3 Å². The highest BCUT2D eigenvalue weighted by atomic mass is 16.5. The van der Waals surface area contributed by atoms with Gasteiger partial charge in [-0.05, 0) is 24.6 Å². The average molecular weight is 320 g/mol. The van der Waals surface area contributed by atoms with E-state index in [1.54, 1.807) is 13.0 Å². The normalized spacial score (nSPS) is 13.0. The molecule has 0 heterocycles. The SMILES string of the molecule is CCOC(=O)/C=C\CC(C#N)(Nc1ccccc1)c1ccccc1. The molecule has 2 rings (SSSR count). The highest BCUT2D eigenvalue weighted by Gasteiger charge is 2.31. The van der Waals surface area contributed by atoms with Crippen molar-refractivity contribution >= 4 is 11.7 Å². The Labute approximate surface area is 142 Å². The third-order valence-electron chi connectivity index (χ3n) is 3.55. The Kier molecular flexibility index (Phi) is 6.16. The van der Waals surface area contributed by atoms with E-state index in [1.807, 2.05) is 60.7 Å². The fourth-order valence-corrected chi connectivity index (χ4v) is 2.39. The molecule has 0 saturated heterocycles. The molecule has 0 aliphatic carbocycles. The zero-order valence-electron chi connectivity index (χ0n) is 13.6. The number of nitriles is 1. The molecule has 0 fully saturated rings. The van der Waals surface area contributed by atoms with Crippen LogP contribution in [0.25, 0.3) is 0 Å². The van der Waals surface area contributed by atoms with Gasteiger partial charge in [-0.1, -0.05) is 54.6 Å². The highest BCUT2D eigenvalue weighted by molar-refractivity contribution is 5.81. The molecule has 4 heteroatoms. The molecular weight excluding hydrogens is 300 g/mol. The Morgan fingerprint density at radius 1 is 1.17 bits per heavy atom. The van der Waals surface area contributed by atoms with Crippen molar-refractivity contribution < 1.29 is 9.53 Å². The van der Waals surface area contributed by atoms with Gasteiger partial charge >= 0.3 is 5.97 Å². The van der Waals surface area contributed by atoms with Crippen molar-refractivity contribution in [3.8, 4) is 6.07 Å². The van der Waals surface area contributed by atoms with Crippen molar-refractivity contribution in [1.29, 1.82) is 5.26 Å². The molecule has 0 aliphatic rings. The maximum atomic E-state index is 11.5. The van der Waals surface area contributed by atoms with E-state index in [-0.39, 0.29) is 0 Å². The number of ether oxygens (including phenoxy) is 1. The van der Waals surface area contributed by atoms with Gasteiger partial charge in [-0.2, -0.15) is 5.26 Å². The molecule has 2 aromatic rings. The van der Waals surface area contributed by atoms with Crippen molar-refractivity contribution in [2.45, 2.75) is 18.9 Å². The molecule has 1 unspecified atom stereocenters. The number of nitrogens with one attached hydrogen (secondary N) is 1. The quantitative estimate of drug-likeness (QED) is 0.618. The largest absolute Gasteiger partial charge is 0.463 e. The molecule has 1 atom stereocenters. The van der Waals surface area contributed by atoms with Crippen LogP contribution in [0.5, 0.6) is 0 Å². The van der Waals surface area contributed by atoms with Crippen molar-refractivity contribution in [3.05, 3.63) is 78.4 Å². The zero-order chi connectivity index (χ0) is 17.3. The van der Waals surface area contributed by atoms with Gasteiger partial charge in [-0.25, -0.2) is 4.79 Å². The molecule has 1 N–H and O–H groups in total. The molecule has 0 saturated carbocycles. The summed E-state index contributed by atoms with van der Waals surface area (Å²) in [6.45, 7) is 2.08. The number of esters is 1. The predicted octanol–water partition coefficient (Wildman–Crippen LogP) is 4.03. The van der Waals surface area contributed by atoms with Gasteiger partial charge in [0, 0.05) is 18.2 Å². The summed E-state index contributed by atoms with van der Waals surface area (Å²) in [7, 11) is 0. The first-order valence-electron chi connectivity index (χ1n) is 7.83. The zero-order valence-corrected chi connectivity index (χ0v) is 13.6. The number of para-hydroxylation sites is 1. The van der Waals surface area contributed by atoms with E-state index >= 15 is 0 Å². The first-order chi connectivity index (χ1) is 11.7. The molecule has 0 spiro atoms. The second-order valence-corrected chi connectivity index (χ2v) is 5.23. The predicted molar refractivity (Wildman–Crippen MR) is 94.2 cm³/mol. The maximum absolute atomic E-state index is 11.5. The summed E-state index contributed by atoms with van der Waals surface area (Å²) in [5, 5.41) is 13.2. The van der Waals surface area contributed by atoms with Crippen LogP contribution < -0.4 is 5.32 Å². The summed E-state index contributed by atoms with van der Waals surface area (Å²) in [6.07, 6.45) is 3.37. The van der Waals surface area contributed by atoms with Gasteiger partial charge in [-0.3, -0.25) is 0 Å². The Morgan fingerprint density at radius 2 is 1.79 bits per heavy atom. The highest BCUT2D eigenvalue weighted by Crippen LogP contribution is 2.29. The first kappa shape index (κ1) is 17.3. The summed E-state index contributed by atoms with van der Waals surface area (Å²) in [5.41, 5.74) is 0.711. The van der Waals surface area contributed by atoms with Gasteiger partial charge in [0.15, 0.2) is 5.54 Å². The lowest BCUT2D eigenvalue weighted by atomic mass is 9.87. The molecule has 0 radical (unpaired) electrons. The molecule has 122 valence electrons. The average Bonchev–Trinajstić information content (AvgIpc) is 2.62. The minimum absolute atomic E-state index is 0.327. The third-order valence-corrected chi connectivity index (χ3v) is 3.55. The number of hydrogen-bond acceptors (Lipinski definition) is 4. The van der Waals surface area contributed by atoms with E-state index in [1.165, 1.54) is 6.08 Å². The maximum Gasteiger partial charge on any atom is 0.330 e. The molecule has 0 aromatic heterocycles. The number of rotatable bonds is 7. The molecule has 2 aromatic carbocycles. The Balaban J connectivity index is 2.30. The summed E-state index contributed by atoms with van der Waals surface area (Å²) in [4.78, 5) is 11.5. The second kappa shape index (κ2) is 8.54. The third kappa shape index (κ3) is 4.47. The summed E-state index contributed by atoms with van der Waals surface area (Å²) < 4.78 is 4.89. The Bertz CT molecular complexity index is 720. The molecule has 0 bridgehead atoms. The topological polar surface area (TPSA) is 62.1 Å². The lowest BCUT2D eigenvalue weighted by Crippen LogP contribution is -2.33. The smallest absolute Gasteiger partial charge is 0.330 e. The van der Waals surface area contributed by atoms with E-state index in [0.717, 1.165) is 11.3 Å². The van der Waals surface area contributed by atoms with Crippen molar-refractivity contribution in [1.82, 2.24) is 0 Å². The van der Waals surface area contributed by atoms with E-state index in [0.29, 0.717) is 13.0 Å². The number of anilines is 1. The van der Waals surface area contributed by atoms with Gasteiger partial charge in [0.1, 0.15) is 0 Å². The Hall–Kier alpha value is -3.06. The van der Waals surface area contributed by atoms with Crippen molar-refractivity contribution in [2.24, 2.45) is 0 Å². The van der Waals surface area contributed by atoms with Crippen LogP contribution in [0.4, 0.5) is 5.69 Å². The minimum Gasteiger partial charge on any atom is -0.463 e. The minimum atomic E-state index is -0.967. The lowest BCUT2D eigenvalue weighted by Gasteiger charge is -2.28. The number of hydrogen-bond donors (Lipinski definition) is 1. The van der Waals surface area contributed by atoms with Crippen LogP contribution >= 0.6 is 0 Å². The van der Waals surface area contributed by atoms with Crippen LogP contribution in [-0.4, -0.2) is 12.6 Å². The van der Waals surface area contributed by atoms with E-state index in [9.17, 15) is 10.1 Å². The summed E-state index contributed by atoms with van der Waals surface area (Å²) in [6, 6.07) is 21.4. The number of carbonyl (C=O) groups is 1. The molecule has 0 amide bonds. The van der Waals surface area contributed by atoms with Crippen LogP contribution in [0.1, 0.15) is 18.9 Å². The monoisotopic (exact) mass is 320 g/mol. The fourth-order valence-electron chi connectivity index (χ4n) is 2.39. The van der Waals surface area contributed by atoms with Gasteiger partial charge in [0.25, 0.3) is 0 Å². The fraction of sp³-hybridized carbons (Fsp3) is 0.200. The van der Waals surface area contributed by atoms with Crippen LogP contribution in [-0.2, 0) is 15.1 Å². The van der Waals surface area contributed by atoms with Gasteiger partial charge < -0.3 is 10.1 Å². The standard InChI is InChI=1S/C20H20N2O2/c1-2-24-19(23)14-9-15-20(16-21,17-10-5-3-6-11-17)22-18-12-7-4-8-13-18/h3-14,22H,2,15H2,1H3/b14-9-.